The van der Waals surface area contributed by atoms with Gasteiger partial charge in [0.15, 0.2) is 9.84 Å². The van der Waals surface area contributed by atoms with Crippen LogP contribution in [0.4, 0.5) is 0 Å². The van der Waals surface area contributed by atoms with E-state index in [9.17, 15) is 18.0 Å². The largest absolute Gasteiger partial charge is 0.369 e. The second kappa shape index (κ2) is 4.87. The van der Waals surface area contributed by atoms with Crippen LogP contribution in [0, 0.1) is 11.8 Å². The van der Waals surface area contributed by atoms with E-state index in [2.05, 4.69) is 0 Å². The molecule has 0 spiro atoms. The fraction of sp³-hybridized carbons (Fsp3) is 0.818. The van der Waals surface area contributed by atoms with Crippen molar-refractivity contribution < 1.29 is 18.0 Å². The van der Waals surface area contributed by atoms with E-state index in [0.717, 1.165) is 6.42 Å². The molecule has 7 heteroatoms. The molecule has 6 nitrogen and oxygen atoms in total. The number of sulfone groups is 1. The number of hydrogen-bond donors (Lipinski definition) is 1. The number of carbonyl (C=O) groups is 2. The molecule has 2 aliphatic heterocycles. The standard InChI is InChI=1S/C11H18N2O4S/c12-10(14)8-2-1-4-13(6-8)11(15)9-3-5-18(16,17)7-9/h8-9H,1-7H2,(H2,12,14). The van der Waals surface area contributed by atoms with Gasteiger partial charge in [0.1, 0.15) is 0 Å². The lowest BCUT2D eigenvalue weighted by Gasteiger charge is -2.32. The van der Waals surface area contributed by atoms with Crippen molar-refractivity contribution in [2.24, 2.45) is 17.6 Å². The molecule has 0 radical (unpaired) electrons. The third-order valence-electron chi connectivity index (χ3n) is 3.72. The van der Waals surface area contributed by atoms with Gasteiger partial charge in [0.2, 0.25) is 11.8 Å². The third-order valence-corrected chi connectivity index (χ3v) is 5.49. The van der Waals surface area contributed by atoms with Crippen LogP contribution in [0.3, 0.4) is 0 Å². The van der Waals surface area contributed by atoms with Crippen molar-refractivity contribution in [1.29, 1.82) is 0 Å². The first kappa shape index (κ1) is 13.3. The number of amides is 2. The average molecular weight is 274 g/mol. The molecule has 2 amide bonds. The van der Waals surface area contributed by atoms with Crippen LogP contribution in [0.25, 0.3) is 0 Å². The molecule has 2 rings (SSSR count). The van der Waals surface area contributed by atoms with Crippen molar-refractivity contribution in [2.45, 2.75) is 19.3 Å². The number of primary amides is 1. The fourth-order valence-corrected chi connectivity index (χ4v) is 4.39. The zero-order valence-corrected chi connectivity index (χ0v) is 11.0. The van der Waals surface area contributed by atoms with E-state index >= 15 is 0 Å². The quantitative estimate of drug-likeness (QED) is 0.709. The van der Waals surface area contributed by atoms with E-state index in [1.807, 2.05) is 0 Å². The number of piperidine rings is 1. The van der Waals surface area contributed by atoms with Crippen LogP contribution in [0.2, 0.25) is 0 Å². The molecule has 18 heavy (non-hydrogen) atoms. The van der Waals surface area contributed by atoms with Crippen LogP contribution in [0.5, 0.6) is 0 Å². The molecule has 2 unspecified atom stereocenters. The first-order valence-electron chi connectivity index (χ1n) is 6.17. The highest BCUT2D eigenvalue weighted by Crippen LogP contribution is 2.24. The Morgan fingerprint density at radius 1 is 1.17 bits per heavy atom. The van der Waals surface area contributed by atoms with Gasteiger partial charge in [-0.1, -0.05) is 0 Å². The van der Waals surface area contributed by atoms with Gasteiger partial charge >= 0.3 is 0 Å². The van der Waals surface area contributed by atoms with Gasteiger partial charge in [0, 0.05) is 13.1 Å². The van der Waals surface area contributed by atoms with E-state index in [1.54, 1.807) is 4.90 Å². The lowest BCUT2D eigenvalue weighted by atomic mass is 9.96. The summed E-state index contributed by atoms with van der Waals surface area (Å²) in [5.41, 5.74) is 5.25. The summed E-state index contributed by atoms with van der Waals surface area (Å²) in [4.78, 5) is 24.9. The molecule has 102 valence electrons. The first-order chi connectivity index (χ1) is 8.39. The SMILES string of the molecule is NC(=O)C1CCCN(C(=O)C2CCS(=O)(=O)C2)C1. The Hall–Kier alpha value is -1.11. The van der Waals surface area contributed by atoms with Crippen LogP contribution in [-0.4, -0.2) is 49.7 Å². The maximum absolute atomic E-state index is 12.2. The van der Waals surface area contributed by atoms with Gasteiger partial charge in [-0.3, -0.25) is 9.59 Å². The Labute approximate surface area is 106 Å². The summed E-state index contributed by atoms with van der Waals surface area (Å²) in [6, 6.07) is 0. The minimum Gasteiger partial charge on any atom is -0.369 e. The van der Waals surface area contributed by atoms with Crippen molar-refractivity contribution >= 4 is 21.7 Å². The summed E-state index contributed by atoms with van der Waals surface area (Å²) >= 11 is 0. The second-order valence-electron chi connectivity index (χ2n) is 5.13. The molecule has 0 bridgehead atoms. The van der Waals surface area contributed by atoms with Crippen LogP contribution >= 0.6 is 0 Å². The van der Waals surface area contributed by atoms with Crippen LogP contribution in [-0.2, 0) is 19.4 Å². The smallest absolute Gasteiger partial charge is 0.226 e. The van der Waals surface area contributed by atoms with Crippen molar-refractivity contribution in [3.63, 3.8) is 0 Å². The van der Waals surface area contributed by atoms with E-state index in [1.165, 1.54) is 0 Å². The van der Waals surface area contributed by atoms with Crippen molar-refractivity contribution in [2.75, 3.05) is 24.6 Å². The Balaban J connectivity index is 1.99. The average Bonchev–Trinajstić information content (AvgIpc) is 2.69. The molecule has 2 fully saturated rings. The maximum Gasteiger partial charge on any atom is 0.226 e. The van der Waals surface area contributed by atoms with Crippen molar-refractivity contribution in [1.82, 2.24) is 4.90 Å². The third kappa shape index (κ3) is 2.82. The van der Waals surface area contributed by atoms with Gasteiger partial charge < -0.3 is 10.6 Å². The highest BCUT2D eigenvalue weighted by molar-refractivity contribution is 7.91. The zero-order valence-electron chi connectivity index (χ0n) is 10.2. The molecule has 2 atom stereocenters. The highest BCUT2D eigenvalue weighted by atomic mass is 32.2. The Morgan fingerprint density at radius 2 is 1.89 bits per heavy atom. The molecule has 0 aromatic rings. The summed E-state index contributed by atoms with van der Waals surface area (Å²) in [5.74, 6) is -1.20. The van der Waals surface area contributed by atoms with Gasteiger partial charge in [0.05, 0.1) is 23.3 Å². The zero-order chi connectivity index (χ0) is 13.3. The molecule has 0 saturated carbocycles. The molecule has 0 aromatic heterocycles. The van der Waals surface area contributed by atoms with Gasteiger partial charge in [-0.15, -0.1) is 0 Å². The van der Waals surface area contributed by atoms with E-state index in [0.29, 0.717) is 25.9 Å². The molecular formula is C11H18N2O4S. The number of carbonyl (C=O) groups excluding carboxylic acids is 2. The Kier molecular flexibility index (Phi) is 3.61. The highest BCUT2D eigenvalue weighted by Gasteiger charge is 2.37. The normalized spacial score (nSPS) is 31.2. The molecule has 2 aliphatic rings. The lowest BCUT2D eigenvalue weighted by Crippen LogP contribution is -2.46. The predicted molar refractivity (Wildman–Crippen MR) is 65.3 cm³/mol. The molecule has 0 aromatic carbocycles. The topological polar surface area (TPSA) is 97.5 Å². The van der Waals surface area contributed by atoms with E-state index in [4.69, 9.17) is 5.73 Å². The Morgan fingerprint density at radius 3 is 2.44 bits per heavy atom. The summed E-state index contributed by atoms with van der Waals surface area (Å²) in [5, 5.41) is 0. The minimum atomic E-state index is -3.05. The fourth-order valence-electron chi connectivity index (χ4n) is 2.66. The molecular weight excluding hydrogens is 256 g/mol. The van der Waals surface area contributed by atoms with Gasteiger partial charge in [-0.05, 0) is 19.3 Å². The minimum absolute atomic E-state index is 0.0520. The number of hydrogen-bond acceptors (Lipinski definition) is 4. The number of rotatable bonds is 2. The summed E-state index contributed by atoms with van der Waals surface area (Å²) in [6.45, 7) is 0.934. The monoisotopic (exact) mass is 274 g/mol. The van der Waals surface area contributed by atoms with Crippen LogP contribution in [0.1, 0.15) is 19.3 Å². The number of nitrogens with two attached hydrogens (primary N) is 1. The molecule has 2 heterocycles. The molecule has 0 aliphatic carbocycles. The van der Waals surface area contributed by atoms with Crippen molar-refractivity contribution in [3.8, 4) is 0 Å². The van der Waals surface area contributed by atoms with Crippen LogP contribution < -0.4 is 5.73 Å². The summed E-state index contributed by atoms with van der Waals surface area (Å²) in [6.07, 6.45) is 1.86. The molecule has 2 saturated heterocycles. The van der Waals surface area contributed by atoms with Gasteiger partial charge in [0.25, 0.3) is 0 Å². The molecule has 2 N–H and O–H groups in total. The second-order valence-corrected chi connectivity index (χ2v) is 7.35. The van der Waals surface area contributed by atoms with Gasteiger partial charge in [-0.25, -0.2) is 8.42 Å². The maximum atomic E-state index is 12.2. The van der Waals surface area contributed by atoms with E-state index in [-0.39, 0.29) is 29.2 Å². The summed E-state index contributed by atoms with van der Waals surface area (Å²) in [7, 11) is -3.05. The lowest BCUT2D eigenvalue weighted by molar-refractivity contribution is -0.138. The number of nitrogens with zero attached hydrogens (tertiary/aromatic N) is 1. The van der Waals surface area contributed by atoms with E-state index < -0.39 is 15.8 Å². The Bertz CT molecular complexity index is 460. The predicted octanol–water partition coefficient (Wildman–Crippen LogP) is -0.855. The first-order valence-corrected chi connectivity index (χ1v) is 8.00. The van der Waals surface area contributed by atoms with Crippen LogP contribution in [0.15, 0.2) is 0 Å². The number of likely N-dealkylation sites (tertiary alicyclic amines) is 1. The van der Waals surface area contributed by atoms with Crippen molar-refractivity contribution in [3.05, 3.63) is 0 Å². The summed E-state index contributed by atoms with van der Waals surface area (Å²) < 4.78 is 22.7. The van der Waals surface area contributed by atoms with Gasteiger partial charge in [-0.2, -0.15) is 0 Å².